The predicted molar refractivity (Wildman–Crippen MR) is 73.6 cm³/mol. The van der Waals surface area contributed by atoms with E-state index in [-0.39, 0.29) is 18.4 Å². The van der Waals surface area contributed by atoms with Crippen LogP contribution in [0.5, 0.6) is 0 Å². The summed E-state index contributed by atoms with van der Waals surface area (Å²) in [6.07, 6.45) is 7.71. The lowest BCUT2D eigenvalue weighted by Gasteiger charge is -2.11. The number of carboxylic acids is 1. The number of hydrogen-bond donors (Lipinski definition) is 2. The van der Waals surface area contributed by atoms with E-state index in [1.807, 2.05) is 22.2 Å². The first-order valence-electron chi connectivity index (χ1n) is 6.23. The number of aliphatic carboxylic acids is 1. The third-order valence-corrected chi connectivity index (χ3v) is 4.00. The monoisotopic (exact) mass is 291 g/mol. The molecule has 1 aliphatic carbocycles. The molecule has 0 saturated heterocycles. The molecule has 2 atom stereocenters. The van der Waals surface area contributed by atoms with Crippen LogP contribution in [0.25, 0.3) is 4.96 Å². The molecule has 0 aliphatic heterocycles. The molecule has 1 amide bonds. The van der Waals surface area contributed by atoms with Gasteiger partial charge in [-0.05, 0) is 6.42 Å². The van der Waals surface area contributed by atoms with Gasteiger partial charge < -0.3 is 10.4 Å². The Balaban J connectivity index is 1.56. The van der Waals surface area contributed by atoms with E-state index < -0.39 is 11.9 Å². The van der Waals surface area contributed by atoms with Gasteiger partial charge in [0.15, 0.2) is 4.96 Å². The van der Waals surface area contributed by atoms with Crippen LogP contribution in [0, 0.1) is 5.92 Å². The summed E-state index contributed by atoms with van der Waals surface area (Å²) in [5, 5.41) is 13.6. The molecule has 1 aliphatic rings. The van der Waals surface area contributed by atoms with Gasteiger partial charge in [0.1, 0.15) is 0 Å². The Labute approximate surface area is 118 Å². The van der Waals surface area contributed by atoms with Crippen molar-refractivity contribution in [2.45, 2.75) is 18.9 Å². The van der Waals surface area contributed by atoms with Crippen molar-refractivity contribution in [1.82, 2.24) is 14.7 Å². The van der Waals surface area contributed by atoms with Crippen LogP contribution in [-0.2, 0) is 16.0 Å². The van der Waals surface area contributed by atoms with E-state index in [4.69, 9.17) is 5.11 Å². The van der Waals surface area contributed by atoms with Gasteiger partial charge in [-0.1, -0.05) is 12.2 Å². The summed E-state index contributed by atoms with van der Waals surface area (Å²) in [6.45, 7) is 0. The molecule has 0 spiro atoms. The molecule has 2 aromatic rings. The van der Waals surface area contributed by atoms with Crippen LogP contribution in [0.1, 0.15) is 12.1 Å². The molecule has 0 fully saturated rings. The van der Waals surface area contributed by atoms with E-state index in [9.17, 15) is 9.59 Å². The lowest BCUT2D eigenvalue weighted by atomic mass is 10.1. The van der Waals surface area contributed by atoms with E-state index >= 15 is 0 Å². The zero-order chi connectivity index (χ0) is 14.1. The number of thiazole rings is 1. The number of aromatic nitrogens is 2. The summed E-state index contributed by atoms with van der Waals surface area (Å²) >= 11 is 1.52. The van der Waals surface area contributed by atoms with Gasteiger partial charge in [0.2, 0.25) is 5.91 Å². The molecule has 0 aromatic carbocycles. The van der Waals surface area contributed by atoms with Crippen LogP contribution in [-0.4, -0.2) is 32.4 Å². The Morgan fingerprint density at radius 3 is 3.05 bits per heavy atom. The highest BCUT2D eigenvalue weighted by Gasteiger charge is 2.25. The molecule has 0 saturated carbocycles. The lowest BCUT2D eigenvalue weighted by molar-refractivity contribution is -0.140. The average molecular weight is 291 g/mol. The fourth-order valence-electron chi connectivity index (χ4n) is 2.27. The van der Waals surface area contributed by atoms with Crippen molar-refractivity contribution < 1.29 is 14.7 Å². The summed E-state index contributed by atoms with van der Waals surface area (Å²) in [6, 6.07) is -0.202. The summed E-state index contributed by atoms with van der Waals surface area (Å²) in [4.78, 5) is 27.9. The Morgan fingerprint density at radius 1 is 1.50 bits per heavy atom. The number of nitrogens with one attached hydrogen (secondary N) is 1. The average Bonchev–Trinajstić information content (AvgIpc) is 3.03. The number of amides is 1. The molecule has 0 radical (unpaired) electrons. The molecule has 2 N–H and O–H groups in total. The summed E-state index contributed by atoms with van der Waals surface area (Å²) in [7, 11) is 0. The van der Waals surface area contributed by atoms with Crippen molar-refractivity contribution >= 4 is 28.2 Å². The molecule has 2 aromatic heterocycles. The molecule has 0 bridgehead atoms. The second-order valence-electron chi connectivity index (χ2n) is 4.74. The van der Waals surface area contributed by atoms with E-state index in [2.05, 4.69) is 10.3 Å². The van der Waals surface area contributed by atoms with E-state index in [0.29, 0.717) is 12.1 Å². The van der Waals surface area contributed by atoms with Gasteiger partial charge in [-0.25, -0.2) is 4.98 Å². The van der Waals surface area contributed by atoms with Crippen molar-refractivity contribution in [3.63, 3.8) is 0 Å². The summed E-state index contributed by atoms with van der Waals surface area (Å²) in [5.74, 6) is -1.50. The number of nitrogens with zero attached hydrogens (tertiary/aromatic N) is 2. The van der Waals surface area contributed by atoms with Gasteiger partial charge in [0, 0.05) is 23.8 Å². The quantitative estimate of drug-likeness (QED) is 0.826. The highest BCUT2D eigenvalue weighted by Crippen LogP contribution is 2.18. The lowest BCUT2D eigenvalue weighted by Crippen LogP contribution is -2.34. The first-order valence-corrected chi connectivity index (χ1v) is 7.11. The second kappa shape index (κ2) is 5.09. The van der Waals surface area contributed by atoms with Crippen molar-refractivity contribution in [2.75, 3.05) is 0 Å². The number of hydrogen-bond acceptors (Lipinski definition) is 4. The molecule has 2 unspecified atom stereocenters. The highest BCUT2D eigenvalue weighted by molar-refractivity contribution is 7.15. The van der Waals surface area contributed by atoms with Gasteiger partial charge in [0.05, 0.1) is 18.0 Å². The molecular weight excluding hydrogens is 278 g/mol. The molecule has 104 valence electrons. The van der Waals surface area contributed by atoms with E-state index in [1.54, 1.807) is 12.2 Å². The van der Waals surface area contributed by atoms with Gasteiger partial charge in [-0.15, -0.1) is 11.3 Å². The zero-order valence-electron chi connectivity index (χ0n) is 10.5. The van der Waals surface area contributed by atoms with Crippen LogP contribution in [0.15, 0.2) is 29.9 Å². The van der Waals surface area contributed by atoms with Crippen LogP contribution in [0.3, 0.4) is 0 Å². The van der Waals surface area contributed by atoms with Gasteiger partial charge >= 0.3 is 5.97 Å². The number of carbonyl (C=O) groups is 2. The number of imidazole rings is 1. The Hall–Kier alpha value is -2.15. The third kappa shape index (κ3) is 2.57. The van der Waals surface area contributed by atoms with E-state index in [0.717, 1.165) is 4.96 Å². The summed E-state index contributed by atoms with van der Waals surface area (Å²) in [5.41, 5.74) is 0.714. The number of rotatable bonds is 4. The standard InChI is InChI=1S/C13H13N3O3S/c17-11(14-9-2-1-8(5-9)12(18)19)6-10-7-16-3-4-20-13(16)15-10/h1-4,7-9H,5-6H2,(H,14,17)(H,18,19). The van der Waals surface area contributed by atoms with Crippen molar-refractivity contribution in [3.8, 4) is 0 Å². The van der Waals surface area contributed by atoms with Crippen LogP contribution < -0.4 is 5.32 Å². The normalized spacial score (nSPS) is 21.4. The maximum Gasteiger partial charge on any atom is 0.310 e. The van der Waals surface area contributed by atoms with Gasteiger partial charge in [0.25, 0.3) is 0 Å². The number of carboxylic acid groups (broad SMARTS) is 1. The first-order chi connectivity index (χ1) is 9.61. The zero-order valence-corrected chi connectivity index (χ0v) is 11.3. The minimum atomic E-state index is -0.854. The minimum absolute atomic E-state index is 0.142. The smallest absolute Gasteiger partial charge is 0.310 e. The van der Waals surface area contributed by atoms with Crippen molar-refractivity contribution in [3.05, 3.63) is 35.6 Å². The van der Waals surface area contributed by atoms with Gasteiger partial charge in [-0.2, -0.15) is 0 Å². The Kier molecular flexibility index (Phi) is 3.27. The van der Waals surface area contributed by atoms with Crippen LogP contribution in [0.2, 0.25) is 0 Å². The minimum Gasteiger partial charge on any atom is -0.481 e. The predicted octanol–water partition coefficient (Wildman–Crippen LogP) is 1.08. The molecule has 2 heterocycles. The number of fused-ring (bicyclic) bond motifs is 1. The Bertz CT molecular complexity index is 659. The van der Waals surface area contributed by atoms with E-state index in [1.165, 1.54) is 11.3 Å². The fourth-order valence-corrected chi connectivity index (χ4v) is 2.99. The molecule has 20 heavy (non-hydrogen) atoms. The van der Waals surface area contributed by atoms with Crippen LogP contribution in [0.4, 0.5) is 0 Å². The SMILES string of the molecule is O=C(Cc1cn2ccsc2n1)NC1C=CC(C(=O)O)C1. The number of carbonyl (C=O) groups excluding carboxylic acids is 1. The largest absolute Gasteiger partial charge is 0.481 e. The third-order valence-electron chi connectivity index (χ3n) is 3.23. The topological polar surface area (TPSA) is 83.7 Å². The maximum absolute atomic E-state index is 11.9. The first kappa shape index (κ1) is 12.9. The fraction of sp³-hybridized carbons (Fsp3) is 0.308. The molecule has 3 rings (SSSR count). The summed E-state index contributed by atoms with van der Waals surface area (Å²) < 4.78 is 1.88. The van der Waals surface area contributed by atoms with Crippen molar-refractivity contribution in [1.29, 1.82) is 0 Å². The molecule has 6 nitrogen and oxygen atoms in total. The van der Waals surface area contributed by atoms with Crippen LogP contribution >= 0.6 is 11.3 Å². The second-order valence-corrected chi connectivity index (χ2v) is 5.61. The van der Waals surface area contributed by atoms with Crippen molar-refractivity contribution in [2.24, 2.45) is 5.92 Å². The maximum atomic E-state index is 11.9. The van der Waals surface area contributed by atoms with Gasteiger partial charge in [-0.3, -0.25) is 14.0 Å². The Morgan fingerprint density at radius 2 is 2.35 bits per heavy atom. The molecule has 7 heteroatoms. The highest BCUT2D eigenvalue weighted by atomic mass is 32.1. The molecular formula is C13H13N3O3S.